The van der Waals surface area contributed by atoms with Crippen LogP contribution in [0.5, 0.6) is 0 Å². The second-order valence-electron chi connectivity index (χ2n) is 5.07. The molecule has 0 aliphatic rings. The van der Waals surface area contributed by atoms with Crippen molar-refractivity contribution >= 4 is 33.7 Å². The first-order chi connectivity index (χ1) is 10.2. The van der Waals surface area contributed by atoms with Gasteiger partial charge in [0.25, 0.3) is 0 Å². The molecule has 0 aliphatic heterocycles. The molecule has 0 amide bonds. The summed E-state index contributed by atoms with van der Waals surface area (Å²) in [6.45, 7) is 0.707. The summed E-state index contributed by atoms with van der Waals surface area (Å²) in [6.07, 6.45) is 3.07. The number of benzene rings is 2. The lowest BCUT2D eigenvalue weighted by Crippen LogP contribution is -2.14. The van der Waals surface area contributed by atoms with Gasteiger partial charge in [-0.1, -0.05) is 30.3 Å². The molecular formula is C17H16INO2. The molecule has 0 unspecified atom stereocenters. The van der Waals surface area contributed by atoms with Crippen molar-refractivity contribution in [3.63, 3.8) is 0 Å². The van der Waals surface area contributed by atoms with E-state index in [4.69, 9.17) is 4.42 Å². The smallest absolute Gasteiger partial charge is 0.408 e. The molecule has 21 heavy (non-hydrogen) atoms. The number of nitrogens with zero attached hydrogens (tertiary/aromatic N) is 1. The molecule has 3 aromatic rings. The Morgan fingerprint density at radius 3 is 2.67 bits per heavy atom. The van der Waals surface area contributed by atoms with Gasteiger partial charge in [0.2, 0.25) is 0 Å². The van der Waals surface area contributed by atoms with Crippen molar-refractivity contribution in [3.05, 3.63) is 68.2 Å². The van der Waals surface area contributed by atoms with E-state index in [1.54, 1.807) is 4.57 Å². The van der Waals surface area contributed by atoms with Gasteiger partial charge in [-0.15, -0.1) is 0 Å². The van der Waals surface area contributed by atoms with Crippen LogP contribution in [0.3, 0.4) is 0 Å². The average Bonchev–Trinajstić information content (AvgIpc) is 2.80. The molecule has 0 spiro atoms. The second-order valence-corrected chi connectivity index (χ2v) is 6.32. The largest absolute Gasteiger partial charge is 0.419 e. The van der Waals surface area contributed by atoms with E-state index < -0.39 is 0 Å². The Balaban J connectivity index is 1.67. The Morgan fingerprint density at radius 1 is 1.05 bits per heavy atom. The van der Waals surface area contributed by atoms with Crippen molar-refractivity contribution in [1.82, 2.24) is 4.57 Å². The summed E-state index contributed by atoms with van der Waals surface area (Å²) in [6, 6.07) is 16.2. The minimum absolute atomic E-state index is 0.258. The van der Waals surface area contributed by atoms with E-state index in [9.17, 15) is 4.79 Å². The maximum absolute atomic E-state index is 11.9. The van der Waals surface area contributed by atoms with Crippen LogP contribution >= 0.6 is 22.6 Å². The predicted molar refractivity (Wildman–Crippen MR) is 92.6 cm³/mol. The number of unbranched alkanes of at least 4 members (excludes halogenated alkanes) is 1. The molecule has 3 rings (SSSR count). The van der Waals surface area contributed by atoms with E-state index in [-0.39, 0.29) is 5.76 Å². The quantitative estimate of drug-likeness (QED) is 0.481. The highest BCUT2D eigenvalue weighted by atomic mass is 127. The Labute approximate surface area is 136 Å². The third kappa shape index (κ3) is 3.37. The summed E-state index contributed by atoms with van der Waals surface area (Å²) < 4.78 is 8.12. The third-order valence-corrected chi connectivity index (χ3v) is 4.24. The lowest BCUT2D eigenvalue weighted by Gasteiger charge is -2.03. The van der Waals surface area contributed by atoms with E-state index >= 15 is 0 Å². The van der Waals surface area contributed by atoms with Crippen LogP contribution in [0.4, 0.5) is 0 Å². The van der Waals surface area contributed by atoms with Gasteiger partial charge in [0.15, 0.2) is 5.58 Å². The number of hydrogen-bond donors (Lipinski definition) is 0. The Hall–Kier alpha value is -1.56. The van der Waals surface area contributed by atoms with Gasteiger partial charge in [-0.05, 0) is 65.6 Å². The monoisotopic (exact) mass is 393 g/mol. The molecule has 0 bridgehead atoms. The molecule has 1 heterocycles. The van der Waals surface area contributed by atoms with Gasteiger partial charge in [-0.2, -0.15) is 0 Å². The van der Waals surface area contributed by atoms with Gasteiger partial charge in [0, 0.05) is 10.1 Å². The summed E-state index contributed by atoms with van der Waals surface area (Å²) in [5, 5.41) is 0. The fourth-order valence-electron chi connectivity index (χ4n) is 2.49. The molecular weight excluding hydrogens is 377 g/mol. The second kappa shape index (κ2) is 6.47. The van der Waals surface area contributed by atoms with Gasteiger partial charge in [-0.3, -0.25) is 4.57 Å². The van der Waals surface area contributed by atoms with Crippen LogP contribution in [0, 0.1) is 3.57 Å². The van der Waals surface area contributed by atoms with Crippen molar-refractivity contribution in [2.45, 2.75) is 25.8 Å². The minimum atomic E-state index is -0.258. The predicted octanol–water partition coefficient (Wildman–Crippen LogP) is 4.22. The van der Waals surface area contributed by atoms with Crippen LogP contribution in [0.15, 0.2) is 57.7 Å². The van der Waals surface area contributed by atoms with Crippen molar-refractivity contribution < 1.29 is 4.42 Å². The van der Waals surface area contributed by atoms with Crippen LogP contribution < -0.4 is 5.76 Å². The highest BCUT2D eigenvalue weighted by molar-refractivity contribution is 14.1. The molecule has 108 valence electrons. The number of aryl methyl sites for hydroxylation is 2. The van der Waals surface area contributed by atoms with Crippen molar-refractivity contribution in [1.29, 1.82) is 0 Å². The summed E-state index contributed by atoms with van der Waals surface area (Å²) in [4.78, 5) is 11.9. The lowest BCUT2D eigenvalue weighted by atomic mass is 10.1. The van der Waals surface area contributed by atoms with Gasteiger partial charge >= 0.3 is 5.76 Å². The molecule has 0 fully saturated rings. The normalized spacial score (nSPS) is 11.1. The van der Waals surface area contributed by atoms with Gasteiger partial charge in [0.05, 0.1) is 5.52 Å². The van der Waals surface area contributed by atoms with Crippen molar-refractivity contribution in [2.24, 2.45) is 0 Å². The SMILES string of the molecule is O=c1oc2ccc(I)cc2n1CCCCc1ccccc1. The maximum atomic E-state index is 11.9. The number of halogens is 1. The summed E-state index contributed by atoms with van der Waals surface area (Å²) in [5.74, 6) is -0.258. The molecule has 0 saturated carbocycles. The topological polar surface area (TPSA) is 35.1 Å². The van der Waals surface area contributed by atoms with E-state index in [1.807, 2.05) is 24.3 Å². The zero-order valence-corrected chi connectivity index (χ0v) is 13.7. The first kappa shape index (κ1) is 14.4. The molecule has 0 atom stereocenters. The number of hydrogen-bond acceptors (Lipinski definition) is 2. The van der Waals surface area contributed by atoms with Crippen LogP contribution in [-0.2, 0) is 13.0 Å². The summed E-state index contributed by atoms with van der Waals surface area (Å²) in [5.41, 5.74) is 2.91. The van der Waals surface area contributed by atoms with Crippen LogP contribution in [0.1, 0.15) is 18.4 Å². The van der Waals surface area contributed by atoms with Crippen molar-refractivity contribution in [2.75, 3.05) is 0 Å². The molecule has 0 saturated heterocycles. The molecule has 3 nitrogen and oxygen atoms in total. The summed E-state index contributed by atoms with van der Waals surface area (Å²) >= 11 is 2.25. The first-order valence-corrected chi connectivity index (χ1v) is 8.15. The number of rotatable bonds is 5. The van der Waals surface area contributed by atoms with E-state index in [0.29, 0.717) is 12.1 Å². The van der Waals surface area contributed by atoms with Crippen LogP contribution in [-0.4, -0.2) is 4.57 Å². The van der Waals surface area contributed by atoms with E-state index in [1.165, 1.54) is 5.56 Å². The summed E-state index contributed by atoms with van der Waals surface area (Å²) in [7, 11) is 0. The Kier molecular flexibility index (Phi) is 4.43. The van der Waals surface area contributed by atoms with Gasteiger partial charge < -0.3 is 4.42 Å². The van der Waals surface area contributed by atoms with Gasteiger partial charge in [-0.25, -0.2) is 4.79 Å². The molecule has 2 aromatic carbocycles. The standard InChI is InChI=1S/C17H16INO2/c18-14-9-10-16-15(12-14)19(17(20)21-16)11-5-4-8-13-6-2-1-3-7-13/h1-3,6-7,9-10,12H,4-5,8,11H2. The number of aromatic nitrogens is 1. The zero-order chi connectivity index (χ0) is 14.7. The first-order valence-electron chi connectivity index (χ1n) is 7.07. The van der Waals surface area contributed by atoms with Crippen LogP contribution in [0.25, 0.3) is 11.1 Å². The number of oxazole rings is 1. The van der Waals surface area contributed by atoms with Gasteiger partial charge in [0.1, 0.15) is 0 Å². The maximum Gasteiger partial charge on any atom is 0.419 e. The Bertz CT molecular complexity index is 789. The van der Waals surface area contributed by atoms with Crippen molar-refractivity contribution in [3.8, 4) is 0 Å². The lowest BCUT2D eigenvalue weighted by molar-refractivity contribution is 0.492. The molecule has 1 aromatic heterocycles. The zero-order valence-electron chi connectivity index (χ0n) is 11.6. The third-order valence-electron chi connectivity index (χ3n) is 3.57. The fourth-order valence-corrected chi connectivity index (χ4v) is 2.97. The highest BCUT2D eigenvalue weighted by Gasteiger charge is 2.08. The fraction of sp³-hybridized carbons (Fsp3) is 0.235. The highest BCUT2D eigenvalue weighted by Crippen LogP contribution is 2.17. The molecule has 0 N–H and O–H groups in total. The Morgan fingerprint density at radius 2 is 1.86 bits per heavy atom. The molecule has 4 heteroatoms. The minimum Gasteiger partial charge on any atom is -0.408 e. The molecule has 0 radical (unpaired) electrons. The van der Waals surface area contributed by atoms with E-state index in [0.717, 1.165) is 28.3 Å². The van der Waals surface area contributed by atoms with E-state index in [2.05, 4.69) is 46.9 Å². The average molecular weight is 393 g/mol. The van der Waals surface area contributed by atoms with Crippen LogP contribution in [0.2, 0.25) is 0 Å². The molecule has 0 aliphatic carbocycles. The number of fused-ring (bicyclic) bond motifs is 1.